The summed E-state index contributed by atoms with van der Waals surface area (Å²) in [5.74, 6) is -0.331. The summed E-state index contributed by atoms with van der Waals surface area (Å²) >= 11 is 0. The van der Waals surface area contributed by atoms with Crippen LogP contribution in [0.4, 0.5) is 0 Å². The Morgan fingerprint density at radius 1 is 1.62 bits per heavy atom. The number of hydrogen-bond donors (Lipinski definition) is 3. The molecule has 0 radical (unpaired) electrons. The Bertz CT molecular complexity index is 382. The number of aromatic nitrogens is 2. The van der Waals surface area contributed by atoms with Crippen molar-refractivity contribution in [2.24, 2.45) is 5.73 Å². The standard InChI is InChI=1S/C10H16N4O2/c1-2-3-7(11)6-12-10(16)8-4-5-9(15)14-13-8/h4-5,7H,2-3,6,11H2,1H3,(H,12,16)(H,14,15). The van der Waals surface area contributed by atoms with Gasteiger partial charge in [-0.2, -0.15) is 5.10 Å². The number of nitrogens with one attached hydrogen (secondary N) is 2. The van der Waals surface area contributed by atoms with Gasteiger partial charge in [0.15, 0.2) is 0 Å². The molecule has 4 N–H and O–H groups in total. The van der Waals surface area contributed by atoms with Crippen LogP contribution in [-0.2, 0) is 0 Å². The second-order valence-corrected chi connectivity index (χ2v) is 3.57. The van der Waals surface area contributed by atoms with Crippen LogP contribution >= 0.6 is 0 Å². The normalized spacial score (nSPS) is 12.1. The quantitative estimate of drug-likeness (QED) is 0.635. The fourth-order valence-corrected chi connectivity index (χ4v) is 1.26. The predicted molar refractivity (Wildman–Crippen MR) is 60.1 cm³/mol. The molecule has 0 aliphatic carbocycles. The van der Waals surface area contributed by atoms with E-state index >= 15 is 0 Å². The third kappa shape index (κ3) is 3.82. The Morgan fingerprint density at radius 2 is 2.38 bits per heavy atom. The molecule has 6 heteroatoms. The molecule has 16 heavy (non-hydrogen) atoms. The van der Waals surface area contributed by atoms with Crippen LogP contribution in [0, 0.1) is 0 Å². The number of H-pyrrole nitrogens is 1. The minimum Gasteiger partial charge on any atom is -0.349 e. The van der Waals surface area contributed by atoms with Gasteiger partial charge in [0.1, 0.15) is 5.69 Å². The highest BCUT2D eigenvalue weighted by molar-refractivity contribution is 5.91. The maximum absolute atomic E-state index is 11.5. The first-order valence-corrected chi connectivity index (χ1v) is 5.23. The number of nitrogens with two attached hydrogens (primary N) is 1. The summed E-state index contributed by atoms with van der Waals surface area (Å²) in [4.78, 5) is 22.2. The van der Waals surface area contributed by atoms with E-state index in [0.717, 1.165) is 12.8 Å². The number of nitrogens with zero attached hydrogens (tertiary/aromatic N) is 1. The Hall–Kier alpha value is -1.69. The van der Waals surface area contributed by atoms with E-state index < -0.39 is 0 Å². The van der Waals surface area contributed by atoms with E-state index in [1.54, 1.807) is 0 Å². The fourth-order valence-electron chi connectivity index (χ4n) is 1.26. The average molecular weight is 224 g/mol. The third-order valence-electron chi connectivity index (χ3n) is 2.10. The molecule has 0 spiro atoms. The highest BCUT2D eigenvalue weighted by Crippen LogP contribution is 1.93. The molecule has 88 valence electrons. The number of amides is 1. The number of aromatic amines is 1. The lowest BCUT2D eigenvalue weighted by molar-refractivity contribution is 0.0944. The zero-order valence-electron chi connectivity index (χ0n) is 9.19. The lowest BCUT2D eigenvalue weighted by atomic mass is 10.2. The molecular weight excluding hydrogens is 208 g/mol. The van der Waals surface area contributed by atoms with E-state index in [-0.39, 0.29) is 23.2 Å². The second-order valence-electron chi connectivity index (χ2n) is 3.57. The molecule has 0 saturated heterocycles. The Balaban J connectivity index is 2.46. The molecule has 0 aliphatic heterocycles. The summed E-state index contributed by atoms with van der Waals surface area (Å²) in [5.41, 5.74) is 5.59. The summed E-state index contributed by atoms with van der Waals surface area (Å²) in [6.45, 7) is 2.44. The van der Waals surface area contributed by atoms with Gasteiger partial charge in [-0.1, -0.05) is 13.3 Å². The van der Waals surface area contributed by atoms with Crippen molar-refractivity contribution in [3.63, 3.8) is 0 Å². The van der Waals surface area contributed by atoms with Crippen molar-refractivity contribution in [1.29, 1.82) is 0 Å². The fraction of sp³-hybridized carbons (Fsp3) is 0.500. The number of carbonyl (C=O) groups excluding carboxylic acids is 1. The molecule has 0 bridgehead atoms. The number of carbonyl (C=O) groups is 1. The van der Waals surface area contributed by atoms with Crippen LogP contribution < -0.4 is 16.6 Å². The van der Waals surface area contributed by atoms with Gasteiger partial charge in [0.25, 0.3) is 11.5 Å². The molecule has 0 aromatic carbocycles. The van der Waals surface area contributed by atoms with E-state index in [1.807, 2.05) is 6.92 Å². The van der Waals surface area contributed by atoms with Crippen molar-refractivity contribution in [2.75, 3.05) is 6.54 Å². The smallest absolute Gasteiger partial charge is 0.271 e. The number of hydrogen-bond acceptors (Lipinski definition) is 4. The molecule has 1 amide bonds. The van der Waals surface area contributed by atoms with Crippen LogP contribution in [0.3, 0.4) is 0 Å². The largest absolute Gasteiger partial charge is 0.349 e. The van der Waals surface area contributed by atoms with E-state index in [2.05, 4.69) is 15.5 Å². The maximum Gasteiger partial charge on any atom is 0.271 e. The Labute approximate surface area is 93.2 Å². The zero-order valence-corrected chi connectivity index (χ0v) is 9.19. The van der Waals surface area contributed by atoms with Crippen molar-refractivity contribution in [3.8, 4) is 0 Å². The van der Waals surface area contributed by atoms with Crippen molar-refractivity contribution in [1.82, 2.24) is 15.5 Å². The Morgan fingerprint density at radius 3 is 2.94 bits per heavy atom. The monoisotopic (exact) mass is 224 g/mol. The van der Waals surface area contributed by atoms with Crippen molar-refractivity contribution in [2.45, 2.75) is 25.8 Å². The molecular formula is C10H16N4O2. The van der Waals surface area contributed by atoms with E-state index in [4.69, 9.17) is 5.73 Å². The van der Waals surface area contributed by atoms with Crippen molar-refractivity contribution in [3.05, 3.63) is 28.2 Å². The summed E-state index contributed by atoms with van der Waals surface area (Å²) in [6.07, 6.45) is 1.84. The SMILES string of the molecule is CCCC(N)CNC(=O)c1ccc(=O)[nH]n1. The third-order valence-corrected chi connectivity index (χ3v) is 2.10. The van der Waals surface area contributed by atoms with E-state index in [1.165, 1.54) is 12.1 Å². The van der Waals surface area contributed by atoms with Crippen LogP contribution in [0.2, 0.25) is 0 Å². The summed E-state index contributed by atoms with van der Waals surface area (Å²) < 4.78 is 0. The van der Waals surface area contributed by atoms with Crippen LogP contribution in [0.5, 0.6) is 0 Å². The maximum atomic E-state index is 11.5. The summed E-state index contributed by atoms with van der Waals surface area (Å²) in [7, 11) is 0. The van der Waals surface area contributed by atoms with Crippen molar-refractivity contribution < 1.29 is 4.79 Å². The second kappa shape index (κ2) is 6.02. The van der Waals surface area contributed by atoms with E-state index in [9.17, 15) is 9.59 Å². The molecule has 0 aliphatic rings. The molecule has 1 heterocycles. The highest BCUT2D eigenvalue weighted by Gasteiger charge is 2.08. The molecule has 1 unspecified atom stereocenters. The van der Waals surface area contributed by atoms with Gasteiger partial charge in [-0.25, -0.2) is 5.10 Å². The molecule has 0 fully saturated rings. The van der Waals surface area contributed by atoms with Gasteiger partial charge < -0.3 is 11.1 Å². The average Bonchev–Trinajstić information content (AvgIpc) is 2.27. The van der Waals surface area contributed by atoms with Gasteiger partial charge in [0.05, 0.1) is 0 Å². The predicted octanol–water partition coefficient (Wildman–Crippen LogP) is -0.373. The van der Waals surface area contributed by atoms with Crippen LogP contribution in [0.25, 0.3) is 0 Å². The molecule has 1 aromatic rings. The van der Waals surface area contributed by atoms with Gasteiger partial charge >= 0.3 is 0 Å². The van der Waals surface area contributed by atoms with Gasteiger partial charge in [-0.3, -0.25) is 9.59 Å². The Kier molecular flexibility index (Phi) is 4.65. The minimum atomic E-state index is -0.334. The lowest BCUT2D eigenvalue weighted by Crippen LogP contribution is -2.37. The molecule has 6 nitrogen and oxygen atoms in total. The van der Waals surface area contributed by atoms with Crippen molar-refractivity contribution >= 4 is 5.91 Å². The van der Waals surface area contributed by atoms with Crippen LogP contribution in [0.1, 0.15) is 30.3 Å². The van der Waals surface area contributed by atoms with Gasteiger partial charge in [0, 0.05) is 18.7 Å². The molecule has 1 atom stereocenters. The summed E-state index contributed by atoms with van der Waals surface area (Å²) in [6, 6.07) is 2.59. The summed E-state index contributed by atoms with van der Waals surface area (Å²) in [5, 5.41) is 8.46. The van der Waals surface area contributed by atoms with Gasteiger partial charge in [-0.05, 0) is 12.5 Å². The minimum absolute atomic E-state index is 0.0447. The van der Waals surface area contributed by atoms with Gasteiger partial charge in [-0.15, -0.1) is 0 Å². The molecule has 0 saturated carbocycles. The van der Waals surface area contributed by atoms with Gasteiger partial charge in [0.2, 0.25) is 0 Å². The zero-order chi connectivity index (χ0) is 12.0. The van der Waals surface area contributed by atoms with Crippen LogP contribution in [0.15, 0.2) is 16.9 Å². The number of rotatable bonds is 5. The first-order chi connectivity index (χ1) is 7.63. The lowest BCUT2D eigenvalue weighted by Gasteiger charge is -2.10. The van der Waals surface area contributed by atoms with Crippen LogP contribution in [-0.4, -0.2) is 28.7 Å². The molecule has 1 aromatic heterocycles. The van der Waals surface area contributed by atoms with E-state index in [0.29, 0.717) is 6.54 Å². The topological polar surface area (TPSA) is 101 Å². The highest BCUT2D eigenvalue weighted by atomic mass is 16.2. The first kappa shape index (κ1) is 12.4. The first-order valence-electron chi connectivity index (χ1n) is 5.23. The molecule has 1 rings (SSSR count).